The van der Waals surface area contributed by atoms with Crippen LogP contribution < -0.4 is 5.32 Å². The van der Waals surface area contributed by atoms with Gasteiger partial charge < -0.3 is 5.32 Å². The van der Waals surface area contributed by atoms with Crippen molar-refractivity contribution < 1.29 is 4.79 Å². The van der Waals surface area contributed by atoms with Crippen molar-refractivity contribution in [3.8, 4) is 0 Å². The Hall–Kier alpha value is -1.45. The van der Waals surface area contributed by atoms with Crippen LogP contribution in [0.25, 0.3) is 0 Å². The highest BCUT2D eigenvalue weighted by Crippen LogP contribution is 2.23. The minimum Gasteiger partial charge on any atom is -0.313 e. The third-order valence-electron chi connectivity index (χ3n) is 6.64. The summed E-state index contributed by atoms with van der Waals surface area (Å²) in [6.45, 7) is 18.5. The van der Waals surface area contributed by atoms with E-state index in [9.17, 15) is 4.79 Å². The Morgan fingerprint density at radius 3 is 1.84 bits per heavy atom. The van der Waals surface area contributed by atoms with Gasteiger partial charge in [-0.3, -0.25) is 9.69 Å². The van der Waals surface area contributed by atoms with Crippen LogP contribution in [0.2, 0.25) is 0 Å². The molecule has 1 aliphatic heterocycles. The van der Waals surface area contributed by atoms with Crippen molar-refractivity contribution in [2.24, 2.45) is 0 Å². The topological polar surface area (TPSA) is 32.3 Å². The molecule has 1 atom stereocenters. The second kappa shape index (κ2) is 14.6. The van der Waals surface area contributed by atoms with Gasteiger partial charge in [0.15, 0.2) is 5.78 Å². The van der Waals surface area contributed by atoms with Gasteiger partial charge in [0.1, 0.15) is 0 Å². The van der Waals surface area contributed by atoms with E-state index in [4.69, 9.17) is 0 Å². The number of hydrogen-bond donors (Lipinski definition) is 1. The number of ketones is 1. The Balaban J connectivity index is 2.43. The molecule has 1 saturated heterocycles. The molecule has 0 amide bonds. The molecule has 0 aromatic heterocycles. The van der Waals surface area contributed by atoms with Gasteiger partial charge in [0.25, 0.3) is 0 Å². The van der Waals surface area contributed by atoms with E-state index in [-0.39, 0.29) is 11.3 Å². The average Bonchev–Trinajstić information content (AvgIpc) is 2.72. The smallest absolute Gasteiger partial charge is 0.151 e. The minimum atomic E-state index is -0.331. The molecule has 3 heteroatoms. The van der Waals surface area contributed by atoms with Gasteiger partial charge in [-0.1, -0.05) is 53.5 Å². The lowest BCUT2D eigenvalue weighted by Crippen LogP contribution is -2.64. The van der Waals surface area contributed by atoms with Crippen LogP contribution in [0.4, 0.5) is 0 Å². The Labute approximate surface area is 192 Å². The third-order valence-corrected chi connectivity index (χ3v) is 6.64. The van der Waals surface area contributed by atoms with Gasteiger partial charge in [0, 0.05) is 26.2 Å². The molecule has 1 fully saturated rings. The molecule has 1 rings (SSSR count). The monoisotopic (exact) mass is 428 g/mol. The van der Waals surface area contributed by atoms with Crippen LogP contribution in [-0.2, 0) is 4.79 Å². The van der Waals surface area contributed by atoms with Gasteiger partial charge in [0.2, 0.25) is 0 Å². The highest BCUT2D eigenvalue weighted by atomic mass is 16.1. The molecule has 0 radical (unpaired) electrons. The number of nitrogens with zero attached hydrogens (tertiary/aromatic N) is 1. The number of piperazine rings is 1. The van der Waals surface area contributed by atoms with Crippen LogP contribution in [0, 0.1) is 0 Å². The number of carbonyl (C=O) groups excluding carboxylic acids is 1. The fourth-order valence-electron chi connectivity index (χ4n) is 4.30. The van der Waals surface area contributed by atoms with Crippen molar-refractivity contribution >= 4 is 5.78 Å². The van der Waals surface area contributed by atoms with Gasteiger partial charge in [-0.2, -0.15) is 0 Å². The molecule has 0 bridgehead atoms. The summed E-state index contributed by atoms with van der Waals surface area (Å²) in [4.78, 5) is 14.7. The summed E-state index contributed by atoms with van der Waals surface area (Å²) < 4.78 is 0. The molecule has 1 unspecified atom stereocenters. The van der Waals surface area contributed by atoms with Crippen molar-refractivity contribution in [1.29, 1.82) is 0 Å². The molecule has 0 saturated carbocycles. The first kappa shape index (κ1) is 27.6. The zero-order valence-corrected chi connectivity index (χ0v) is 21.4. The molecule has 1 aliphatic rings. The van der Waals surface area contributed by atoms with Gasteiger partial charge in [-0.05, 0) is 86.5 Å². The predicted molar refractivity (Wildman–Crippen MR) is 137 cm³/mol. The summed E-state index contributed by atoms with van der Waals surface area (Å²) >= 11 is 0. The number of rotatable bonds is 13. The maximum atomic E-state index is 12.3. The molecule has 0 aromatic carbocycles. The van der Waals surface area contributed by atoms with E-state index in [0.717, 1.165) is 64.7 Å². The van der Waals surface area contributed by atoms with Gasteiger partial charge >= 0.3 is 0 Å². The summed E-state index contributed by atoms with van der Waals surface area (Å²) in [5, 5.41) is 3.41. The standard InChI is InChI=1S/C28H48N2O/c1-8-28(27(7)31)22-29-19-21-30(28)20-18-26(6)17-11-16-25(5)15-10-14-24(4)13-9-12-23(2)3/h12,14,16,18,29H,8-11,13,15,17,19-22H2,1-7H3. The minimum absolute atomic E-state index is 0.285. The first-order chi connectivity index (χ1) is 14.7. The maximum Gasteiger partial charge on any atom is 0.151 e. The first-order valence-corrected chi connectivity index (χ1v) is 12.3. The predicted octanol–water partition coefficient (Wildman–Crippen LogP) is 6.78. The Morgan fingerprint density at radius 2 is 1.35 bits per heavy atom. The highest BCUT2D eigenvalue weighted by Gasteiger charge is 2.40. The quantitative estimate of drug-likeness (QED) is 0.328. The van der Waals surface area contributed by atoms with E-state index in [2.05, 4.69) is 76.1 Å². The largest absolute Gasteiger partial charge is 0.313 e. The summed E-state index contributed by atoms with van der Waals surface area (Å²) in [6, 6.07) is 0. The van der Waals surface area contributed by atoms with E-state index in [1.807, 2.05) is 0 Å². The SMILES string of the molecule is CCC1(C(C)=O)CNCCN1CC=C(C)CCC=C(C)CCC=C(C)CCC=C(C)C. The van der Waals surface area contributed by atoms with Crippen LogP contribution in [0.1, 0.15) is 93.4 Å². The average molecular weight is 429 g/mol. The summed E-state index contributed by atoms with van der Waals surface area (Å²) in [5.74, 6) is 0.285. The second-order valence-corrected chi connectivity index (χ2v) is 9.61. The lowest BCUT2D eigenvalue weighted by Gasteiger charge is -2.45. The highest BCUT2D eigenvalue weighted by molar-refractivity contribution is 5.86. The van der Waals surface area contributed by atoms with Crippen LogP contribution in [0.5, 0.6) is 0 Å². The van der Waals surface area contributed by atoms with E-state index in [1.165, 1.54) is 28.7 Å². The zero-order chi connectivity index (χ0) is 23.3. The maximum absolute atomic E-state index is 12.3. The number of hydrogen-bond acceptors (Lipinski definition) is 3. The fourth-order valence-corrected chi connectivity index (χ4v) is 4.30. The van der Waals surface area contributed by atoms with Gasteiger partial charge in [-0.15, -0.1) is 0 Å². The van der Waals surface area contributed by atoms with Crippen molar-refractivity contribution in [2.45, 2.75) is 99.0 Å². The molecule has 31 heavy (non-hydrogen) atoms. The second-order valence-electron chi connectivity index (χ2n) is 9.61. The Kier molecular flexibility index (Phi) is 13.0. The van der Waals surface area contributed by atoms with Crippen molar-refractivity contribution in [1.82, 2.24) is 10.2 Å². The molecular formula is C28H48N2O. The van der Waals surface area contributed by atoms with Crippen molar-refractivity contribution in [3.05, 3.63) is 46.6 Å². The lowest BCUT2D eigenvalue weighted by molar-refractivity contribution is -0.130. The number of carbonyl (C=O) groups is 1. The Bertz CT molecular complexity index is 679. The summed E-state index contributed by atoms with van der Waals surface area (Å²) in [6.07, 6.45) is 17.2. The summed E-state index contributed by atoms with van der Waals surface area (Å²) in [7, 11) is 0. The number of allylic oxidation sites excluding steroid dienone is 7. The van der Waals surface area contributed by atoms with Crippen LogP contribution >= 0.6 is 0 Å². The van der Waals surface area contributed by atoms with Crippen molar-refractivity contribution in [3.63, 3.8) is 0 Å². The third kappa shape index (κ3) is 10.1. The van der Waals surface area contributed by atoms with Crippen LogP contribution in [0.3, 0.4) is 0 Å². The number of nitrogens with one attached hydrogen (secondary N) is 1. The van der Waals surface area contributed by atoms with E-state index in [1.54, 1.807) is 6.92 Å². The molecule has 3 nitrogen and oxygen atoms in total. The van der Waals surface area contributed by atoms with Crippen LogP contribution in [0.15, 0.2) is 46.6 Å². The zero-order valence-electron chi connectivity index (χ0n) is 21.4. The van der Waals surface area contributed by atoms with Gasteiger partial charge in [-0.25, -0.2) is 0 Å². The molecule has 1 N–H and O–H groups in total. The van der Waals surface area contributed by atoms with Gasteiger partial charge in [0.05, 0.1) is 5.54 Å². The van der Waals surface area contributed by atoms with Crippen molar-refractivity contribution in [2.75, 3.05) is 26.2 Å². The molecule has 0 aromatic rings. The molecule has 0 aliphatic carbocycles. The summed E-state index contributed by atoms with van der Waals surface area (Å²) in [5.41, 5.74) is 5.50. The lowest BCUT2D eigenvalue weighted by atomic mass is 9.87. The van der Waals surface area contributed by atoms with E-state index in [0.29, 0.717) is 0 Å². The molecular weight excluding hydrogens is 380 g/mol. The normalized spacial score (nSPS) is 21.3. The Morgan fingerprint density at radius 1 is 0.839 bits per heavy atom. The molecule has 1 heterocycles. The first-order valence-electron chi connectivity index (χ1n) is 12.3. The number of Topliss-reactive ketones (excluding diaryl/α,β-unsaturated/α-hetero) is 1. The molecule has 0 spiro atoms. The van der Waals surface area contributed by atoms with E-state index >= 15 is 0 Å². The fraction of sp³-hybridized carbons (Fsp3) is 0.679. The molecule has 176 valence electrons. The van der Waals surface area contributed by atoms with E-state index < -0.39 is 0 Å². The van der Waals surface area contributed by atoms with Crippen LogP contribution in [-0.4, -0.2) is 42.4 Å².